The van der Waals surface area contributed by atoms with E-state index in [1.54, 1.807) is 18.2 Å². The van der Waals surface area contributed by atoms with Crippen molar-refractivity contribution in [2.24, 2.45) is 0 Å². The van der Waals surface area contributed by atoms with E-state index in [2.05, 4.69) is 0 Å². The third-order valence-electron chi connectivity index (χ3n) is 6.40. The van der Waals surface area contributed by atoms with Gasteiger partial charge in [-0.1, -0.05) is 24.3 Å². The SMILES string of the molecule is Cc1ccc(CC(=O)CCc2ccc3c(c2)C(=O)N(C2CCC(=O)CC2=O)C3=O)cc1C. The van der Waals surface area contributed by atoms with E-state index in [1.165, 1.54) is 5.56 Å². The Morgan fingerprint density at radius 2 is 1.62 bits per heavy atom. The monoisotopic (exact) mass is 431 g/mol. The molecule has 6 heteroatoms. The number of nitrogens with zero attached hydrogens (tertiary/aromatic N) is 1. The number of imide groups is 1. The average Bonchev–Trinajstić information content (AvgIpc) is 2.99. The fourth-order valence-electron chi connectivity index (χ4n) is 4.39. The Morgan fingerprint density at radius 1 is 0.906 bits per heavy atom. The zero-order valence-corrected chi connectivity index (χ0v) is 18.3. The maximum atomic E-state index is 12.9. The molecule has 0 aromatic heterocycles. The van der Waals surface area contributed by atoms with Crippen molar-refractivity contribution in [3.8, 4) is 0 Å². The fraction of sp³-hybridized carbons (Fsp3) is 0.346. The van der Waals surface area contributed by atoms with Crippen LogP contribution in [0.3, 0.4) is 0 Å². The number of rotatable bonds is 6. The van der Waals surface area contributed by atoms with Gasteiger partial charge in [0, 0.05) is 19.3 Å². The first-order valence-electron chi connectivity index (χ1n) is 10.9. The van der Waals surface area contributed by atoms with Gasteiger partial charge in [0.15, 0.2) is 5.78 Å². The maximum Gasteiger partial charge on any atom is 0.262 e. The van der Waals surface area contributed by atoms with Gasteiger partial charge in [-0.3, -0.25) is 28.9 Å². The first kappa shape index (κ1) is 21.8. The molecule has 32 heavy (non-hydrogen) atoms. The van der Waals surface area contributed by atoms with Crippen LogP contribution in [0.2, 0.25) is 0 Å². The predicted molar refractivity (Wildman–Crippen MR) is 118 cm³/mol. The van der Waals surface area contributed by atoms with Gasteiger partial charge in [0.25, 0.3) is 11.8 Å². The summed E-state index contributed by atoms with van der Waals surface area (Å²) >= 11 is 0. The number of carbonyl (C=O) groups excluding carboxylic acids is 5. The summed E-state index contributed by atoms with van der Waals surface area (Å²) in [7, 11) is 0. The molecule has 1 heterocycles. The van der Waals surface area contributed by atoms with Gasteiger partial charge in [-0.2, -0.15) is 0 Å². The Morgan fingerprint density at radius 3 is 2.34 bits per heavy atom. The number of hydrogen-bond acceptors (Lipinski definition) is 5. The standard InChI is InChI=1S/C26H25NO5/c1-15-3-4-18(11-16(15)2)12-19(28)7-5-17-6-9-21-22(13-17)26(32)27(25(21)31)23-10-8-20(29)14-24(23)30/h3-4,6,9,11,13,23H,5,7-8,10,12,14H2,1-2H3. The molecule has 0 saturated heterocycles. The van der Waals surface area contributed by atoms with Crippen molar-refractivity contribution in [3.05, 3.63) is 69.8 Å². The van der Waals surface area contributed by atoms with Crippen LogP contribution in [0.1, 0.15) is 68.7 Å². The van der Waals surface area contributed by atoms with Gasteiger partial charge in [-0.15, -0.1) is 0 Å². The number of ketones is 3. The molecular weight excluding hydrogens is 406 g/mol. The van der Waals surface area contributed by atoms with Gasteiger partial charge in [0.05, 0.1) is 23.6 Å². The summed E-state index contributed by atoms with van der Waals surface area (Å²) in [4.78, 5) is 62.9. The van der Waals surface area contributed by atoms with Crippen molar-refractivity contribution in [1.82, 2.24) is 4.90 Å². The largest absolute Gasteiger partial charge is 0.299 e. The van der Waals surface area contributed by atoms with Crippen LogP contribution in [0.25, 0.3) is 0 Å². The molecule has 0 radical (unpaired) electrons. The molecule has 2 aliphatic rings. The van der Waals surface area contributed by atoms with Gasteiger partial charge in [0.1, 0.15) is 11.6 Å². The van der Waals surface area contributed by atoms with Crippen LogP contribution in [0.5, 0.6) is 0 Å². The molecule has 2 aromatic carbocycles. The molecule has 4 rings (SSSR count). The summed E-state index contributed by atoms with van der Waals surface area (Å²) in [5, 5.41) is 0. The second kappa shape index (κ2) is 8.61. The summed E-state index contributed by atoms with van der Waals surface area (Å²) in [6, 6.07) is 10.1. The van der Waals surface area contributed by atoms with Crippen LogP contribution in [-0.2, 0) is 27.2 Å². The lowest BCUT2D eigenvalue weighted by Gasteiger charge is -2.27. The van der Waals surface area contributed by atoms with Crippen molar-refractivity contribution >= 4 is 29.2 Å². The normalized spacial score (nSPS) is 18.3. The number of amides is 2. The van der Waals surface area contributed by atoms with E-state index in [-0.39, 0.29) is 47.7 Å². The second-order valence-corrected chi connectivity index (χ2v) is 8.73. The Labute approximate surface area is 186 Å². The van der Waals surface area contributed by atoms with Gasteiger partial charge in [0.2, 0.25) is 0 Å². The van der Waals surface area contributed by atoms with Crippen LogP contribution in [-0.4, -0.2) is 40.1 Å². The van der Waals surface area contributed by atoms with E-state index in [0.29, 0.717) is 19.3 Å². The van der Waals surface area contributed by atoms with Crippen molar-refractivity contribution in [1.29, 1.82) is 0 Å². The summed E-state index contributed by atoms with van der Waals surface area (Å²) < 4.78 is 0. The molecule has 2 aromatic rings. The number of fused-ring (bicyclic) bond motifs is 1. The van der Waals surface area contributed by atoms with Crippen LogP contribution >= 0.6 is 0 Å². The summed E-state index contributed by atoms with van der Waals surface area (Å²) in [6.45, 7) is 4.06. The quantitative estimate of drug-likeness (QED) is 0.517. The zero-order chi connectivity index (χ0) is 23.0. The van der Waals surface area contributed by atoms with Crippen LogP contribution in [0.15, 0.2) is 36.4 Å². The molecule has 0 spiro atoms. The molecule has 0 bridgehead atoms. The molecule has 1 fully saturated rings. The number of carbonyl (C=O) groups is 5. The summed E-state index contributed by atoms with van der Waals surface area (Å²) in [5.74, 6) is -1.42. The topological polar surface area (TPSA) is 88.6 Å². The molecule has 1 atom stereocenters. The second-order valence-electron chi connectivity index (χ2n) is 8.73. The van der Waals surface area contributed by atoms with E-state index in [9.17, 15) is 24.0 Å². The Balaban J connectivity index is 1.43. The Hall–Kier alpha value is -3.41. The van der Waals surface area contributed by atoms with E-state index in [4.69, 9.17) is 0 Å². The smallest absolute Gasteiger partial charge is 0.262 e. The molecule has 1 aliphatic heterocycles. The van der Waals surface area contributed by atoms with Crippen molar-refractivity contribution in [3.63, 3.8) is 0 Å². The number of hydrogen-bond donors (Lipinski definition) is 0. The highest BCUT2D eigenvalue weighted by Gasteiger charge is 2.44. The summed E-state index contributed by atoms with van der Waals surface area (Å²) in [5.41, 5.74) is 4.66. The molecule has 0 N–H and O–H groups in total. The zero-order valence-electron chi connectivity index (χ0n) is 18.3. The fourth-order valence-corrected chi connectivity index (χ4v) is 4.39. The van der Waals surface area contributed by atoms with E-state index in [1.807, 2.05) is 32.0 Å². The minimum absolute atomic E-state index is 0.107. The number of Topliss-reactive ketones (excluding diaryl/α,β-unsaturated/α-hetero) is 3. The molecule has 1 aliphatic carbocycles. The van der Waals surface area contributed by atoms with Crippen molar-refractivity contribution in [2.75, 3.05) is 0 Å². The molecular formula is C26H25NO5. The van der Waals surface area contributed by atoms with Crippen molar-refractivity contribution < 1.29 is 24.0 Å². The maximum absolute atomic E-state index is 12.9. The lowest BCUT2D eigenvalue weighted by molar-refractivity contribution is -0.132. The molecule has 1 unspecified atom stereocenters. The Kier molecular flexibility index (Phi) is 5.87. The molecule has 1 saturated carbocycles. The highest BCUT2D eigenvalue weighted by Crippen LogP contribution is 2.30. The highest BCUT2D eigenvalue weighted by molar-refractivity contribution is 6.23. The van der Waals surface area contributed by atoms with Crippen LogP contribution < -0.4 is 0 Å². The van der Waals surface area contributed by atoms with E-state index < -0.39 is 17.9 Å². The number of benzene rings is 2. The molecule has 164 valence electrons. The first-order valence-corrected chi connectivity index (χ1v) is 10.9. The lowest BCUT2D eigenvalue weighted by atomic mass is 9.92. The molecule has 2 amide bonds. The molecule has 6 nitrogen and oxygen atoms in total. The average molecular weight is 431 g/mol. The van der Waals surface area contributed by atoms with Gasteiger partial charge < -0.3 is 0 Å². The Bertz CT molecular complexity index is 1160. The minimum Gasteiger partial charge on any atom is -0.299 e. The highest BCUT2D eigenvalue weighted by atomic mass is 16.2. The predicted octanol–water partition coefficient (Wildman–Crippen LogP) is 3.33. The number of aryl methyl sites for hydroxylation is 3. The van der Waals surface area contributed by atoms with Crippen LogP contribution in [0.4, 0.5) is 0 Å². The van der Waals surface area contributed by atoms with Gasteiger partial charge in [-0.05, 0) is 61.1 Å². The summed E-state index contributed by atoms with van der Waals surface area (Å²) in [6.07, 6.45) is 1.31. The minimum atomic E-state index is -0.872. The third kappa shape index (κ3) is 4.17. The van der Waals surface area contributed by atoms with Crippen molar-refractivity contribution in [2.45, 2.75) is 58.4 Å². The third-order valence-corrected chi connectivity index (χ3v) is 6.40. The van der Waals surface area contributed by atoms with Gasteiger partial charge >= 0.3 is 0 Å². The lowest BCUT2D eigenvalue weighted by Crippen LogP contribution is -2.47. The van der Waals surface area contributed by atoms with Gasteiger partial charge in [-0.25, -0.2) is 0 Å². The van der Waals surface area contributed by atoms with E-state index >= 15 is 0 Å². The first-order chi connectivity index (χ1) is 15.2. The van der Waals surface area contributed by atoms with Crippen LogP contribution in [0, 0.1) is 13.8 Å². The van der Waals surface area contributed by atoms with E-state index in [0.717, 1.165) is 21.6 Å².